The predicted molar refractivity (Wildman–Crippen MR) is 68.9 cm³/mol. The average molecular weight is 266 g/mol. The van der Waals surface area contributed by atoms with E-state index >= 15 is 0 Å². The smallest absolute Gasteiger partial charge is 0.282 e. The van der Waals surface area contributed by atoms with Gasteiger partial charge in [0.1, 0.15) is 4.90 Å². The van der Waals surface area contributed by atoms with E-state index in [1.165, 1.54) is 12.1 Å². The van der Waals surface area contributed by atoms with Gasteiger partial charge in [-0.1, -0.05) is 36.4 Å². The highest BCUT2D eigenvalue weighted by Gasteiger charge is 2.18. The SMILES string of the molecule is O=S(=O)(O)c1cccc(S)c1-c1ccccc1. The van der Waals surface area contributed by atoms with E-state index in [0.29, 0.717) is 16.0 Å². The summed E-state index contributed by atoms with van der Waals surface area (Å²) in [5.41, 5.74) is 1.12. The van der Waals surface area contributed by atoms with Crippen LogP contribution >= 0.6 is 12.6 Å². The van der Waals surface area contributed by atoms with E-state index in [-0.39, 0.29) is 4.90 Å². The van der Waals surface area contributed by atoms with Crippen molar-refractivity contribution < 1.29 is 13.0 Å². The van der Waals surface area contributed by atoms with E-state index in [9.17, 15) is 13.0 Å². The fourth-order valence-corrected chi connectivity index (χ4v) is 2.78. The lowest BCUT2D eigenvalue weighted by Crippen LogP contribution is -2.01. The molecule has 0 atom stereocenters. The Labute approximate surface area is 105 Å². The zero-order chi connectivity index (χ0) is 12.5. The zero-order valence-electron chi connectivity index (χ0n) is 8.74. The van der Waals surface area contributed by atoms with Crippen molar-refractivity contribution in [3.8, 4) is 11.1 Å². The Morgan fingerprint density at radius 1 is 0.941 bits per heavy atom. The molecule has 0 fully saturated rings. The van der Waals surface area contributed by atoms with E-state index in [0.717, 1.165) is 0 Å². The second-order valence-electron chi connectivity index (χ2n) is 3.49. The third kappa shape index (κ3) is 2.52. The Balaban J connectivity index is 2.78. The fraction of sp³-hybridized carbons (Fsp3) is 0. The van der Waals surface area contributed by atoms with Gasteiger partial charge in [0, 0.05) is 10.5 Å². The standard InChI is InChI=1S/C12H10O3S2/c13-17(14,15)11-8-4-7-10(16)12(11)9-5-2-1-3-6-9/h1-8,16H,(H,13,14,15). The van der Waals surface area contributed by atoms with Crippen molar-refractivity contribution in [2.75, 3.05) is 0 Å². The molecule has 1 N–H and O–H groups in total. The molecule has 0 saturated heterocycles. The molecule has 0 unspecified atom stereocenters. The second kappa shape index (κ2) is 4.52. The average Bonchev–Trinajstić information content (AvgIpc) is 2.28. The van der Waals surface area contributed by atoms with Crippen LogP contribution in [0, 0.1) is 0 Å². The highest BCUT2D eigenvalue weighted by atomic mass is 32.2. The summed E-state index contributed by atoms with van der Waals surface area (Å²) in [6.07, 6.45) is 0. The summed E-state index contributed by atoms with van der Waals surface area (Å²) in [5.74, 6) is 0. The lowest BCUT2D eigenvalue weighted by atomic mass is 10.1. The number of thiol groups is 1. The maximum absolute atomic E-state index is 11.3. The minimum absolute atomic E-state index is 0.129. The molecule has 0 radical (unpaired) electrons. The monoisotopic (exact) mass is 266 g/mol. The van der Waals surface area contributed by atoms with Gasteiger partial charge in [0.25, 0.3) is 10.1 Å². The Bertz CT molecular complexity index is 634. The first kappa shape index (κ1) is 12.2. The molecule has 0 aliphatic heterocycles. The second-order valence-corrected chi connectivity index (χ2v) is 5.36. The van der Waals surface area contributed by atoms with Gasteiger partial charge in [-0.3, -0.25) is 4.55 Å². The van der Waals surface area contributed by atoms with E-state index in [1.807, 2.05) is 6.07 Å². The molecule has 0 saturated carbocycles. The van der Waals surface area contributed by atoms with Crippen molar-refractivity contribution >= 4 is 22.7 Å². The third-order valence-corrected chi connectivity index (χ3v) is 3.61. The minimum Gasteiger partial charge on any atom is -0.282 e. The molecule has 88 valence electrons. The van der Waals surface area contributed by atoms with Crippen molar-refractivity contribution in [2.45, 2.75) is 9.79 Å². The molecule has 0 aliphatic carbocycles. The normalized spacial score (nSPS) is 11.4. The van der Waals surface area contributed by atoms with Gasteiger partial charge < -0.3 is 0 Å². The fourth-order valence-electron chi connectivity index (χ4n) is 1.63. The highest BCUT2D eigenvalue weighted by molar-refractivity contribution is 7.86. The zero-order valence-corrected chi connectivity index (χ0v) is 10.4. The van der Waals surface area contributed by atoms with Crippen LogP contribution in [0.3, 0.4) is 0 Å². The largest absolute Gasteiger partial charge is 0.295 e. The number of hydrogen-bond acceptors (Lipinski definition) is 3. The molecule has 0 aromatic heterocycles. The molecule has 5 heteroatoms. The van der Waals surface area contributed by atoms with Crippen LogP contribution in [-0.4, -0.2) is 13.0 Å². The molecular formula is C12H10O3S2. The quantitative estimate of drug-likeness (QED) is 0.649. The summed E-state index contributed by atoms with van der Waals surface area (Å²) in [6.45, 7) is 0. The van der Waals surface area contributed by atoms with Crippen LogP contribution in [0.4, 0.5) is 0 Å². The van der Waals surface area contributed by atoms with Crippen molar-refractivity contribution in [1.29, 1.82) is 0 Å². The molecule has 2 aromatic carbocycles. The van der Waals surface area contributed by atoms with Crippen LogP contribution in [-0.2, 0) is 10.1 Å². The van der Waals surface area contributed by atoms with Gasteiger partial charge in [0.2, 0.25) is 0 Å². The van der Waals surface area contributed by atoms with Gasteiger partial charge in [0.05, 0.1) is 0 Å². The first-order valence-electron chi connectivity index (χ1n) is 4.85. The lowest BCUT2D eigenvalue weighted by molar-refractivity contribution is 0.483. The van der Waals surface area contributed by atoms with Crippen LogP contribution in [0.15, 0.2) is 58.3 Å². The predicted octanol–water partition coefficient (Wildman–Crippen LogP) is 2.89. The lowest BCUT2D eigenvalue weighted by Gasteiger charge is -2.09. The van der Waals surface area contributed by atoms with Gasteiger partial charge in [0.15, 0.2) is 0 Å². The van der Waals surface area contributed by atoms with Crippen LogP contribution in [0.25, 0.3) is 11.1 Å². The van der Waals surface area contributed by atoms with Crippen LogP contribution in [0.2, 0.25) is 0 Å². The number of hydrogen-bond donors (Lipinski definition) is 2. The molecule has 0 aliphatic rings. The topological polar surface area (TPSA) is 54.4 Å². The van der Waals surface area contributed by atoms with Crippen molar-refractivity contribution in [3.63, 3.8) is 0 Å². The Morgan fingerprint density at radius 3 is 2.18 bits per heavy atom. The number of benzene rings is 2. The maximum Gasteiger partial charge on any atom is 0.295 e. The van der Waals surface area contributed by atoms with Crippen molar-refractivity contribution in [2.24, 2.45) is 0 Å². The molecule has 0 bridgehead atoms. The Kier molecular flexibility index (Phi) is 3.24. The first-order chi connectivity index (χ1) is 8.00. The molecule has 0 amide bonds. The van der Waals surface area contributed by atoms with E-state index in [1.54, 1.807) is 30.3 Å². The Hall–Kier alpha value is -1.30. The summed E-state index contributed by atoms with van der Waals surface area (Å²) < 4.78 is 31.8. The van der Waals surface area contributed by atoms with Gasteiger partial charge in [-0.25, -0.2) is 0 Å². The van der Waals surface area contributed by atoms with Crippen molar-refractivity contribution in [3.05, 3.63) is 48.5 Å². The molecule has 2 aromatic rings. The summed E-state index contributed by atoms with van der Waals surface area (Å²) >= 11 is 4.24. The molecule has 17 heavy (non-hydrogen) atoms. The van der Waals surface area contributed by atoms with Crippen LogP contribution in [0.1, 0.15) is 0 Å². The summed E-state index contributed by atoms with van der Waals surface area (Å²) in [4.78, 5) is 0.377. The molecule has 3 nitrogen and oxygen atoms in total. The Morgan fingerprint density at radius 2 is 1.59 bits per heavy atom. The highest BCUT2D eigenvalue weighted by Crippen LogP contribution is 2.32. The van der Waals surface area contributed by atoms with Gasteiger partial charge in [-0.2, -0.15) is 8.42 Å². The van der Waals surface area contributed by atoms with Crippen LogP contribution in [0.5, 0.6) is 0 Å². The van der Waals surface area contributed by atoms with Gasteiger partial charge in [-0.15, -0.1) is 12.6 Å². The summed E-state index contributed by atoms with van der Waals surface area (Å²) in [6, 6.07) is 13.5. The van der Waals surface area contributed by atoms with Crippen molar-refractivity contribution in [1.82, 2.24) is 0 Å². The molecule has 0 spiro atoms. The number of rotatable bonds is 2. The molecule has 2 rings (SSSR count). The molecule has 0 heterocycles. The van der Waals surface area contributed by atoms with E-state index in [2.05, 4.69) is 12.6 Å². The molecular weight excluding hydrogens is 256 g/mol. The third-order valence-electron chi connectivity index (χ3n) is 2.34. The minimum atomic E-state index is -4.25. The van der Waals surface area contributed by atoms with E-state index in [4.69, 9.17) is 0 Å². The summed E-state index contributed by atoms with van der Waals surface area (Å²) in [5, 5.41) is 0. The van der Waals surface area contributed by atoms with Crippen LogP contribution < -0.4 is 0 Å². The van der Waals surface area contributed by atoms with Gasteiger partial charge >= 0.3 is 0 Å². The first-order valence-corrected chi connectivity index (χ1v) is 6.74. The summed E-state index contributed by atoms with van der Waals surface area (Å²) in [7, 11) is -4.25. The maximum atomic E-state index is 11.3. The van der Waals surface area contributed by atoms with E-state index < -0.39 is 10.1 Å². The van der Waals surface area contributed by atoms with Gasteiger partial charge in [-0.05, 0) is 17.7 Å².